The van der Waals surface area contributed by atoms with Gasteiger partial charge in [0.2, 0.25) is 0 Å². The summed E-state index contributed by atoms with van der Waals surface area (Å²) in [4.78, 5) is 5.23. The predicted molar refractivity (Wildman–Crippen MR) is 84.1 cm³/mol. The largest absolute Gasteiger partial charge is 0.379 e. The van der Waals surface area contributed by atoms with Crippen LogP contribution in [0.5, 0.6) is 0 Å². The molecule has 2 atom stereocenters. The van der Waals surface area contributed by atoms with Crippen molar-refractivity contribution in [1.29, 1.82) is 0 Å². The Hall–Kier alpha value is -0.160. The van der Waals surface area contributed by atoms with Crippen molar-refractivity contribution in [2.45, 2.75) is 33.2 Å². The molecule has 0 spiro atoms. The van der Waals surface area contributed by atoms with Gasteiger partial charge in [-0.1, -0.05) is 13.8 Å². The minimum absolute atomic E-state index is 0.684. The number of morpholine rings is 1. The molecule has 2 fully saturated rings. The highest BCUT2D eigenvalue weighted by molar-refractivity contribution is 4.82. The molecule has 0 amide bonds. The van der Waals surface area contributed by atoms with Crippen LogP contribution in [0.1, 0.15) is 27.2 Å². The van der Waals surface area contributed by atoms with E-state index < -0.39 is 0 Å². The summed E-state index contributed by atoms with van der Waals surface area (Å²) < 4.78 is 5.42. The Morgan fingerprint density at radius 2 is 1.90 bits per heavy atom. The van der Waals surface area contributed by atoms with Gasteiger partial charge in [-0.15, -0.1) is 0 Å². The Labute approximate surface area is 124 Å². The first-order valence-electron chi connectivity index (χ1n) is 8.40. The summed E-state index contributed by atoms with van der Waals surface area (Å²) in [6, 6.07) is 0.684. The molecule has 0 aliphatic carbocycles. The van der Waals surface area contributed by atoms with Crippen LogP contribution in [0.2, 0.25) is 0 Å². The van der Waals surface area contributed by atoms with Crippen LogP contribution in [0.15, 0.2) is 0 Å². The van der Waals surface area contributed by atoms with E-state index in [2.05, 4.69) is 35.9 Å². The number of hydrogen-bond donors (Lipinski definition) is 1. The van der Waals surface area contributed by atoms with Crippen molar-refractivity contribution in [3.8, 4) is 0 Å². The van der Waals surface area contributed by atoms with Crippen LogP contribution in [-0.4, -0.2) is 74.9 Å². The van der Waals surface area contributed by atoms with E-state index in [9.17, 15) is 0 Å². The third-order valence-corrected chi connectivity index (χ3v) is 4.55. The van der Waals surface area contributed by atoms with Gasteiger partial charge in [-0.2, -0.15) is 0 Å². The van der Waals surface area contributed by atoms with Crippen molar-refractivity contribution in [2.24, 2.45) is 11.8 Å². The average molecular weight is 283 g/mol. The lowest BCUT2D eigenvalue weighted by molar-refractivity contribution is 0.0263. The molecule has 4 nitrogen and oxygen atoms in total. The molecule has 2 saturated heterocycles. The van der Waals surface area contributed by atoms with Crippen LogP contribution in [0, 0.1) is 11.8 Å². The molecule has 4 heteroatoms. The number of rotatable bonds is 7. The van der Waals surface area contributed by atoms with Gasteiger partial charge in [-0.3, -0.25) is 9.80 Å². The summed E-state index contributed by atoms with van der Waals surface area (Å²) >= 11 is 0. The summed E-state index contributed by atoms with van der Waals surface area (Å²) in [7, 11) is 0. The summed E-state index contributed by atoms with van der Waals surface area (Å²) in [6.45, 7) is 17.1. The third kappa shape index (κ3) is 5.32. The van der Waals surface area contributed by atoms with E-state index in [1.165, 1.54) is 32.6 Å². The van der Waals surface area contributed by atoms with E-state index >= 15 is 0 Å². The second kappa shape index (κ2) is 8.32. The van der Waals surface area contributed by atoms with E-state index in [1.54, 1.807) is 0 Å². The zero-order valence-corrected chi connectivity index (χ0v) is 13.6. The smallest absolute Gasteiger partial charge is 0.0594 e. The van der Waals surface area contributed by atoms with E-state index in [0.717, 1.165) is 44.7 Å². The maximum Gasteiger partial charge on any atom is 0.0594 e. The number of ether oxygens (including phenoxy) is 1. The van der Waals surface area contributed by atoms with Crippen molar-refractivity contribution < 1.29 is 4.74 Å². The molecule has 0 radical (unpaired) electrons. The quantitative estimate of drug-likeness (QED) is 0.762. The Bertz CT molecular complexity index is 266. The monoisotopic (exact) mass is 283 g/mol. The highest BCUT2D eigenvalue weighted by Crippen LogP contribution is 2.18. The molecular formula is C16H33N3O. The molecule has 118 valence electrons. The molecule has 20 heavy (non-hydrogen) atoms. The lowest BCUT2D eigenvalue weighted by Crippen LogP contribution is -2.45. The molecule has 2 aliphatic heterocycles. The Balaban J connectivity index is 1.63. The van der Waals surface area contributed by atoms with E-state index in [4.69, 9.17) is 4.74 Å². The second-order valence-electron chi connectivity index (χ2n) is 6.96. The zero-order valence-electron chi connectivity index (χ0n) is 13.6. The Morgan fingerprint density at radius 3 is 2.60 bits per heavy atom. The van der Waals surface area contributed by atoms with Gasteiger partial charge in [0, 0.05) is 32.2 Å². The predicted octanol–water partition coefficient (Wildman–Crippen LogP) is 1.27. The maximum atomic E-state index is 5.42. The Kier molecular flexibility index (Phi) is 6.75. The highest BCUT2D eigenvalue weighted by Gasteiger charge is 2.27. The van der Waals surface area contributed by atoms with E-state index in [1.807, 2.05) is 0 Å². The molecule has 0 aromatic carbocycles. The van der Waals surface area contributed by atoms with Gasteiger partial charge in [0.1, 0.15) is 0 Å². The molecule has 0 bridgehead atoms. The van der Waals surface area contributed by atoms with Crippen LogP contribution >= 0.6 is 0 Å². The summed E-state index contributed by atoms with van der Waals surface area (Å²) in [5.74, 6) is 1.61. The number of nitrogens with zero attached hydrogens (tertiary/aromatic N) is 2. The fourth-order valence-corrected chi connectivity index (χ4v) is 3.28. The average Bonchev–Trinajstić information content (AvgIpc) is 2.88. The molecule has 2 aliphatic rings. The fourth-order valence-electron chi connectivity index (χ4n) is 3.28. The van der Waals surface area contributed by atoms with Gasteiger partial charge in [-0.25, -0.2) is 0 Å². The SMILES string of the molecule is CC(C)CNCC1CCN(C(C)CN2CCOCC2)C1. The van der Waals surface area contributed by atoms with E-state index in [0.29, 0.717) is 6.04 Å². The summed E-state index contributed by atoms with van der Waals surface area (Å²) in [5, 5.41) is 3.61. The van der Waals surface area contributed by atoms with Crippen molar-refractivity contribution >= 4 is 0 Å². The van der Waals surface area contributed by atoms with Crippen LogP contribution < -0.4 is 5.32 Å². The first-order valence-corrected chi connectivity index (χ1v) is 8.40. The molecule has 2 rings (SSSR count). The first-order chi connectivity index (χ1) is 9.65. The molecule has 0 aromatic rings. The third-order valence-electron chi connectivity index (χ3n) is 4.55. The molecular weight excluding hydrogens is 250 g/mol. The van der Waals surface area contributed by atoms with Crippen molar-refractivity contribution in [1.82, 2.24) is 15.1 Å². The van der Waals surface area contributed by atoms with Crippen molar-refractivity contribution in [2.75, 3.05) is 59.0 Å². The zero-order chi connectivity index (χ0) is 14.4. The lowest BCUT2D eigenvalue weighted by Gasteiger charge is -2.33. The van der Waals surface area contributed by atoms with Gasteiger partial charge in [-0.05, 0) is 44.8 Å². The molecule has 0 aromatic heterocycles. The minimum atomic E-state index is 0.684. The van der Waals surface area contributed by atoms with Crippen LogP contribution in [0.25, 0.3) is 0 Å². The summed E-state index contributed by atoms with van der Waals surface area (Å²) in [6.07, 6.45) is 1.36. The maximum absolute atomic E-state index is 5.42. The van der Waals surface area contributed by atoms with Gasteiger partial charge >= 0.3 is 0 Å². The van der Waals surface area contributed by atoms with Gasteiger partial charge < -0.3 is 10.1 Å². The minimum Gasteiger partial charge on any atom is -0.379 e. The number of hydrogen-bond acceptors (Lipinski definition) is 4. The van der Waals surface area contributed by atoms with E-state index in [-0.39, 0.29) is 0 Å². The van der Waals surface area contributed by atoms with Crippen molar-refractivity contribution in [3.63, 3.8) is 0 Å². The molecule has 1 N–H and O–H groups in total. The van der Waals surface area contributed by atoms with Crippen LogP contribution in [0.3, 0.4) is 0 Å². The number of likely N-dealkylation sites (tertiary alicyclic amines) is 1. The summed E-state index contributed by atoms with van der Waals surface area (Å²) in [5.41, 5.74) is 0. The second-order valence-corrected chi connectivity index (χ2v) is 6.96. The molecule has 0 saturated carbocycles. The number of nitrogens with one attached hydrogen (secondary N) is 1. The van der Waals surface area contributed by atoms with Crippen LogP contribution in [-0.2, 0) is 4.74 Å². The topological polar surface area (TPSA) is 27.7 Å². The van der Waals surface area contributed by atoms with Gasteiger partial charge in [0.25, 0.3) is 0 Å². The Morgan fingerprint density at radius 1 is 1.15 bits per heavy atom. The highest BCUT2D eigenvalue weighted by atomic mass is 16.5. The van der Waals surface area contributed by atoms with Gasteiger partial charge in [0.15, 0.2) is 0 Å². The van der Waals surface area contributed by atoms with Gasteiger partial charge in [0.05, 0.1) is 13.2 Å². The van der Waals surface area contributed by atoms with Crippen LogP contribution in [0.4, 0.5) is 0 Å². The first kappa shape index (κ1) is 16.2. The fraction of sp³-hybridized carbons (Fsp3) is 1.00. The standard InChI is InChI=1S/C16H33N3O/c1-14(2)10-17-11-16-4-5-19(13-16)15(3)12-18-6-8-20-9-7-18/h14-17H,4-13H2,1-3H3. The molecule has 2 unspecified atom stereocenters. The molecule has 2 heterocycles. The lowest BCUT2D eigenvalue weighted by atomic mass is 10.1. The van der Waals surface area contributed by atoms with Crippen molar-refractivity contribution in [3.05, 3.63) is 0 Å². The normalized spacial score (nSPS) is 27.3.